The summed E-state index contributed by atoms with van der Waals surface area (Å²) < 4.78 is 27.7. The number of nitriles is 1. The Kier molecular flexibility index (Phi) is 6.85. The minimum atomic E-state index is -3.76. The van der Waals surface area contributed by atoms with Crippen LogP contribution in [0, 0.1) is 11.3 Å². The fourth-order valence-electron chi connectivity index (χ4n) is 2.99. The van der Waals surface area contributed by atoms with Crippen LogP contribution < -0.4 is 4.72 Å². The van der Waals surface area contributed by atoms with Gasteiger partial charge in [-0.2, -0.15) is 5.26 Å². The van der Waals surface area contributed by atoms with E-state index in [0.717, 1.165) is 5.56 Å². The van der Waals surface area contributed by atoms with Gasteiger partial charge >= 0.3 is 0 Å². The number of hydrogen-bond acceptors (Lipinski definition) is 4. The van der Waals surface area contributed by atoms with Crippen molar-refractivity contribution in [1.82, 2.24) is 4.90 Å². The van der Waals surface area contributed by atoms with Crippen molar-refractivity contribution >= 4 is 21.6 Å². The van der Waals surface area contributed by atoms with Crippen LogP contribution in [0.2, 0.25) is 0 Å². The first-order chi connectivity index (χ1) is 14.9. The van der Waals surface area contributed by atoms with Crippen molar-refractivity contribution in [2.75, 3.05) is 11.3 Å². The predicted octanol–water partition coefficient (Wildman–Crippen LogP) is 4.19. The summed E-state index contributed by atoms with van der Waals surface area (Å²) in [6, 6.07) is 23.5. The summed E-state index contributed by atoms with van der Waals surface area (Å²) in [5.74, 6) is -0.259. The van der Waals surface area contributed by atoms with Gasteiger partial charge in [-0.05, 0) is 48.0 Å². The zero-order valence-corrected chi connectivity index (χ0v) is 17.5. The molecule has 7 heteroatoms. The third-order valence-corrected chi connectivity index (χ3v) is 5.91. The third kappa shape index (κ3) is 5.59. The molecule has 1 amide bonds. The number of nitrogens with zero attached hydrogens (tertiary/aromatic N) is 2. The maximum Gasteiger partial charge on any atom is 0.261 e. The number of amides is 1. The SMILES string of the molecule is C=CCN(Cc1ccc(C#N)cc1)C(=O)c1cccc(NS(=O)(=O)c2ccccc2)c1. The molecule has 0 radical (unpaired) electrons. The number of nitrogens with one attached hydrogen (secondary N) is 1. The smallest absolute Gasteiger partial charge is 0.261 e. The first kappa shape index (κ1) is 21.8. The van der Waals surface area contributed by atoms with Gasteiger partial charge in [-0.25, -0.2) is 8.42 Å². The van der Waals surface area contributed by atoms with Crippen molar-refractivity contribution < 1.29 is 13.2 Å². The molecule has 31 heavy (non-hydrogen) atoms. The van der Waals surface area contributed by atoms with Crippen molar-refractivity contribution in [3.05, 3.63) is 108 Å². The summed E-state index contributed by atoms with van der Waals surface area (Å²) in [7, 11) is -3.76. The summed E-state index contributed by atoms with van der Waals surface area (Å²) in [5, 5.41) is 8.93. The van der Waals surface area contributed by atoms with Gasteiger partial charge in [-0.15, -0.1) is 6.58 Å². The molecule has 0 heterocycles. The van der Waals surface area contributed by atoms with Gasteiger partial charge in [0.2, 0.25) is 0 Å². The first-order valence-corrected chi connectivity index (χ1v) is 11.0. The zero-order valence-electron chi connectivity index (χ0n) is 16.7. The van der Waals surface area contributed by atoms with Crippen molar-refractivity contribution in [2.45, 2.75) is 11.4 Å². The van der Waals surface area contributed by atoms with Crippen LogP contribution in [-0.4, -0.2) is 25.8 Å². The highest BCUT2D eigenvalue weighted by Crippen LogP contribution is 2.19. The number of sulfonamides is 1. The standard InChI is InChI=1S/C24H21N3O3S/c1-2-15-27(18-20-13-11-19(17-25)12-14-20)24(28)21-7-6-8-22(16-21)26-31(29,30)23-9-4-3-5-10-23/h2-14,16,26H,1,15,18H2. The Balaban J connectivity index is 1.81. The van der Waals surface area contributed by atoms with E-state index in [0.29, 0.717) is 29.9 Å². The van der Waals surface area contributed by atoms with Gasteiger partial charge < -0.3 is 4.90 Å². The van der Waals surface area contributed by atoms with E-state index in [1.807, 2.05) is 0 Å². The number of anilines is 1. The number of benzene rings is 3. The van der Waals surface area contributed by atoms with E-state index in [1.165, 1.54) is 18.2 Å². The normalized spacial score (nSPS) is 10.7. The van der Waals surface area contributed by atoms with E-state index < -0.39 is 10.0 Å². The molecule has 6 nitrogen and oxygen atoms in total. The Labute approximate surface area is 182 Å². The molecule has 0 saturated carbocycles. The maximum absolute atomic E-state index is 13.1. The molecule has 3 rings (SSSR count). The van der Waals surface area contributed by atoms with Crippen LogP contribution in [-0.2, 0) is 16.6 Å². The van der Waals surface area contributed by atoms with Gasteiger partial charge in [0.05, 0.1) is 16.5 Å². The van der Waals surface area contributed by atoms with Gasteiger partial charge in [0, 0.05) is 24.3 Å². The molecular weight excluding hydrogens is 410 g/mol. The second kappa shape index (κ2) is 9.74. The van der Waals surface area contributed by atoms with Crippen molar-refractivity contribution in [3.8, 4) is 6.07 Å². The largest absolute Gasteiger partial charge is 0.331 e. The highest BCUT2D eigenvalue weighted by Gasteiger charge is 2.18. The summed E-state index contributed by atoms with van der Waals surface area (Å²) >= 11 is 0. The fourth-order valence-corrected chi connectivity index (χ4v) is 4.06. The van der Waals surface area contributed by atoms with E-state index in [2.05, 4.69) is 17.4 Å². The van der Waals surface area contributed by atoms with Crippen LogP contribution in [0.5, 0.6) is 0 Å². The molecule has 1 N–H and O–H groups in total. The monoisotopic (exact) mass is 431 g/mol. The number of carbonyl (C=O) groups excluding carboxylic acids is 1. The average molecular weight is 432 g/mol. The Hall–Kier alpha value is -3.89. The lowest BCUT2D eigenvalue weighted by Gasteiger charge is -2.22. The molecule has 156 valence electrons. The molecule has 0 saturated heterocycles. The Morgan fingerprint density at radius 3 is 2.39 bits per heavy atom. The summed E-state index contributed by atoms with van der Waals surface area (Å²) in [5.41, 5.74) is 2.06. The minimum absolute atomic E-state index is 0.140. The molecule has 3 aromatic carbocycles. The van der Waals surface area contributed by atoms with E-state index in [9.17, 15) is 13.2 Å². The molecule has 0 unspecified atom stereocenters. The number of rotatable bonds is 8. The summed E-state index contributed by atoms with van der Waals surface area (Å²) in [6.07, 6.45) is 1.63. The van der Waals surface area contributed by atoms with Gasteiger partial charge in [-0.1, -0.05) is 42.5 Å². The van der Waals surface area contributed by atoms with Gasteiger partial charge in [0.25, 0.3) is 15.9 Å². The quantitative estimate of drug-likeness (QED) is 0.542. The molecule has 0 aliphatic heterocycles. The van der Waals surface area contributed by atoms with Crippen LogP contribution in [0.25, 0.3) is 0 Å². The third-order valence-electron chi connectivity index (χ3n) is 4.51. The van der Waals surface area contributed by atoms with Gasteiger partial charge in [0.15, 0.2) is 0 Å². The van der Waals surface area contributed by atoms with E-state index in [1.54, 1.807) is 71.6 Å². The Morgan fingerprint density at radius 1 is 1.03 bits per heavy atom. The minimum Gasteiger partial charge on any atom is -0.331 e. The molecule has 3 aromatic rings. The fraction of sp³-hybridized carbons (Fsp3) is 0.0833. The lowest BCUT2D eigenvalue weighted by Crippen LogP contribution is -2.30. The van der Waals surface area contributed by atoms with Crippen molar-refractivity contribution in [1.29, 1.82) is 5.26 Å². The molecule has 0 aliphatic rings. The lowest BCUT2D eigenvalue weighted by molar-refractivity contribution is 0.0762. The van der Waals surface area contributed by atoms with Crippen molar-refractivity contribution in [2.24, 2.45) is 0 Å². The number of hydrogen-bond donors (Lipinski definition) is 1. The summed E-state index contributed by atoms with van der Waals surface area (Å²) in [4.78, 5) is 14.8. The predicted molar refractivity (Wildman–Crippen MR) is 120 cm³/mol. The molecule has 0 aliphatic carbocycles. The van der Waals surface area contributed by atoms with Gasteiger partial charge in [0.1, 0.15) is 0 Å². The molecule has 0 fully saturated rings. The van der Waals surface area contributed by atoms with Gasteiger partial charge in [-0.3, -0.25) is 9.52 Å². The van der Waals surface area contributed by atoms with Crippen LogP contribution in [0.3, 0.4) is 0 Å². The second-order valence-corrected chi connectivity index (χ2v) is 8.46. The highest BCUT2D eigenvalue weighted by molar-refractivity contribution is 7.92. The zero-order chi connectivity index (χ0) is 22.3. The Bertz CT molecular complexity index is 1210. The summed E-state index contributed by atoms with van der Waals surface area (Å²) in [6.45, 7) is 4.36. The second-order valence-electron chi connectivity index (χ2n) is 6.78. The van der Waals surface area contributed by atoms with Crippen molar-refractivity contribution in [3.63, 3.8) is 0 Å². The van der Waals surface area contributed by atoms with Crippen LogP contribution in [0.15, 0.2) is 96.4 Å². The topological polar surface area (TPSA) is 90.3 Å². The number of carbonyl (C=O) groups is 1. The van der Waals surface area contributed by atoms with Crippen LogP contribution in [0.1, 0.15) is 21.5 Å². The van der Waals surface area contributed by atoms with E-state index in [-0.39, 0.29) is 10.8 Å². The first-order valence-electron chi connectivity index (χ1n) is 9.50. The Morgan fingerprint density at radius 2 is 1.74 bits per heavy atom. The molecular formula is C24H21N3O3S. The van der Waals surface area contributed by atoms with E-state index >= 15 is 0 Å². The highest BCUT2D eigenvalue weighted by atomic mass is 32.2. The lowest BCUT2D eigenvalue weighted by atomic mass is 10.1. The molecule has 0 bridgehead atoms. The van der Waals surface area contributed by atoms with Crippen LogP contribution in [0.4, 0.5) is 5.69 Å². The van der Waals surface area contributed by atoms with Crippen LogP contribution >= 0.6 is 0 Å². The maximum atomic E-state index is 13.1. The molecule has 0 atom stereocenters. The molecule has 0 aromatic heterocycles. The molecule has 0 spiro atoms. The average Bonchev–Trinajstić information content (AvgIpc) is 2.79. The van der Waals surface area contributed by atoms with E-state index in [4.69, 9.17) is 5.26 Å².